The summed E-state index contributed by atoms with van der Waals surface area (Å²) in [6.07, 6.45) is 4.59. The molecule has 0 aliphatic rings. The molecule has 0 rings (SSSR count). The van der Waals surface area contributed by atoms with E-state index in [1.165, 1.54) is 19.4 Å². The fourth-order valence-electron chi connectivity index (χ4n) is 0.812. The van der Waals surface area contributed by atoms with E-state index >= 15 is 0 Å². The standard InChI is InChI=1S/C7H19NO3Si/c1-3-4-5-6-7-8-11-12(2,9)10/h8-10H,3-7H2,1-2H3. The van der Waals surface area contributed by atoms with Gasteiger partial charge in [0, 0.05) is 13.1 Å². The summed E-state index contributed by atoms with van der Waals surface area (Å²) in [5, 5.41) is 0. The van der Waals surface area contributed by atoms with E-state index in [1.54, 1.807) is 0 Å². The molecule has 0 heterocycles. The number of hydroxylamine groups is 1. The van der Waals surface area contributed by atoms with Gasteiger partial charge in [0.2, 0.25) is 0 Å². The molecule has 4 nitrogen and oxygen atoms in total. The molecule has 0 amide bonds. The van der Waals surface area contributed by atoms with E-state index in [0.29, 0.717) is 6.54 Å². The summed E-state index contributed by atoms with van der Waals surface area (Å²) >= 11 is 0. The van der Waals surface area contributed by atoms with Crippen LogP contribution >= 0.6 is 0 Å². The fraction of sp³-hybridized carbons (Fsp3) is 1.00. The topological polar surface area (TPSA) is 61.7 Å². The Bertz CT molecular complexity index is 105. The zero-order valence-corrected chi connectivity index (χ0v) is 8.84. The first-order valence-electron chi connectivity index (χ1n) is 4.42. The van der Waals surface area contributed by atoms with Crippen molar-refractivity contribution in [3.63, 3.8) is 0 Å². The molecule has 0 saturated heterocycles. The third kappa shape index (κ3) is 10.1. The second-order valence-corrected chi connectivity index (χ2v) is 5.06. The molecular weight excluding hydrogens is 174 g/mol. The van der Waals surface area contributed by atoms with Gasteiger partial charge in [0.25, 0.3) is 0 Å². The van der Waals surface area contributed by atoms with E-state index in [4.69, 9.17) is 9.59 Å². The minimum Gasteiger partial charge on any atom is -0.389 e. The third-order valence-electron chi connectivity index (χ3n) is 1.40. The number of hydrogen-bond donors (Lipinski definition) is 3. The first kappa shape index (κ1) is 12.1. The van der Waals surface area contributed by atoms with E-state index in [9.17, 15) is 0 Å². The molecule has 0 aliphatic heterocycles. The molecule has 0 atom stereocenters. The van der Waals surface area contributed by atoms with Crippen molar-refractivity contribution in [2.75, 3.05) is 6.54 Å². The van der Waals surface area contributed by atoms with Crippen molar-refractivity contribution >= 4 is 8.80 Å². The van der Waals surface area contributed by atoms with Crippen molar-refractivity contribution in [3.8, 4) is 0 Å². The molecule has 12 heavy (non-hydrogen) atoms. The minimum absolute atomic E-state index is 0.684. The Morgan fingerprint density at radius 1 is 1.25 bits per heavy atom. The summed E-state index contributed by atoms with van der Waals surface area (Å²) in [5.41, 5.74) is 2.55. The van der Waals surface area contributed by atoms with Gasteiger partial charge in [-0.25, -0.2) is 5.48 Å². The van der Waals surface area contributed by atoms with Gasteiger partial charge in [0.15, 0.2) is 0 Å². The summed E-state index contributed by atoms with van der Waals surface area (Å²) in [6, 6.07) is 0. The highest BCUT2D eigenvalue weighted by atomic mass is 28.4. The minimum atomic E-state index is -3.34. The van der Waals surface area contributed by atoms with Gasteiger partial charge in [-0.2, -0.15) is 0 Å². The molecular formula is C7H19NO3Si. The Balaban J connectivity index is 3.01. The molecule has 3 N–H and O–H groups in total. The van der Waals surface area contributed by atoms with Crippen LogP contribution < -0.4 is 5.48 Å². The maximum atomic E-state index is 8.83. The summed E-state index contributed by atoms with van der Waals surface area (Å²) in [4.78, 5) is 17.7. The molecule has 0 spiro atoms. The Hall–Kier alpha value is 0.0569. The van der Waals surface area contributed by atoms with Crippen molar-refractivity contribution in [1.29, 1.82) is 0 Å². The van der Waals surface area contributed by atoms with Crippen LogP contribution in [0, 0.1) is 0 Å². The molecule has 5 heteroatoms. The van der Waals surface area contributed by atoms with E-state index in [1.807, 2.05) is 0 Å². The average Bonchev–Trinajstić information content (AvgIpc) is 1.94. The van der Waals surface area contributed by atoms with Crippen LogP contribution in [0.2, 0.25) is 6.55 Å². The van der Waals surface area contributed by atoms with E-state index in [0.717, 1.165) is 12.8 Å². The first-order valence-corrected chi connectivity index (χ1v) is 6.72. The predicted molar refractivity (Wildman–Crippen MR) is 49.3 cm³/mol. The zero-order valence-electron chi connectivity index (χ0n) is 7.84. The zero-order chi connectivity index (χ0) is 9.45. The lowest BCUT2D eigenvalue weighted by molar-refractivity contribution is 0.0842. The highest BCUT2D eigenvalue weighted by Gasteiger charge is 2.23. The molecule has 0 aromatic rings. The van der Waals surface area contributed by atoms with Gasteiger partial charge >= 0.3 is 8.80 Å². The van der Waals surface area contributed by atoms with Crippen LogP contribution in [-0.2, 0) is 4.53 Å². The van der Waals surface area contributed by atoms with Crippen LogP contribution in [-0.4, -0.2) is 24.9 Å². The van der Waals surface area contributed by atoms with Crippen LogP contribution in [0.5, 0.6) is 0 Å². The van der Waals surface area contributed by atoms with Crippen molar-refractivity contribution in [2.24, 2.45) is 0 Å². The van der Waals surface area contributed by atoms with Crippen molar-refractivity contribution in [2.45, 2.75) is 39.2 Å². The Morgan fingerprint density at radius 3 is 2.42 bits per heavy atom. The summed E-state index contributed by atoms with van der Waals surface area (Å²) in [6.45, 7) is 4.13. The van der Waals surface area contributed by atoms with Gasteiger partial charge < -0.3 is 9.59 Å². The van der Waals surface area contributed by atoms with E-state index < -0.39 is 8.80 Å². The number of unbranched alkanes of at least 4 members (excludes halogenated alkanes) is 3. The van der Waals surface area contributed by atoms with E-state index in [-0.39, 0.29) is 0 Å². The predicted octanol–water partition coefficient (Wildman–Crippen LogP) is 0.641. The van der Waals surface area contributed by atoms with Crippen LogP contribution in [0.25, 0.3) is 0 Å². The van der Waals surface area contributed by atoms with Gasteiger partial charge in [0.05, 0.1) is 0 Å². The SMILES string of the molecule is CCCCCCNO[Si](C)(O)O. The van der Waals surface area contributed by atoms with Crippen molar-refractivity contribution in [1.82, 2.24) is 5.48 Å². The Kier molecular flexibility index (Phi) is 6.59. The molecule has 0 unspecified atom stereocenters. The maximum absolute atomic E-state index is 8.83. The van der Waals surface area contributed by atoms with Crippen LogP contribution in [0.4, 0.5) is 0 Å². The number of nitrogens with one attached hydrogen (secondary N) is 1. The monoisotopic (exact) mass is 193 g/mol. The second-order valence-electron chi connectivity index (χ2n) is 2.99. The lowest BCUT2D eigenvalue weighted by Crippen LogP contribution is -2.40. The molecule has 0 fully saturated rings. The van der Waals surface area contributed by atoms with Gasteiger partial charge in [-0.15, -0.1) is 0 Å². The first-order chi connectivity index (χ1) is 5.56. The van der Waals surface area contributed by atoms with Gasteiger partial charge in [-0.3, -0.25) is 4.53 Å². The normalized spacial score (nSPS) is 12.0. The smallest absolute Gasteiger partial charge is 0.389 e. The molecule has 0 bridgehead atoms. The molecule has 0 aliphatic carbocycles. The van der Waals surface area contributed by atoms with Crippen LogP contribution in [0.1, 0.15) is 32.6 Å². The molecule has 0 saturated carbocycles. The summed E-state index contributed by atoms with van der Waals surface area (Å²) in [5.74, 6) is 0. The van der Waals surface area contributed by atoms with Crippen molar-refractivity contribution in [3.05, 3.63) is 0 Å². The lowest BCUT2D eigenvalue weighted by Gasteiger charge is -2.12. The number of rotatable bonds is 7. The van der Waals surface area contributed by atoms with Crippen molar-refractivity contribution < 1.29 is 14.1 Å². The van der Waals surface area contributed by atoms with Crippen LogP contribution in [0.15, 0.2) is 0 Å². The average molecular weight is 193 g/mol. The summed E-state index contributed by atoms with van der Waals surface area (Å²) in [7, 11) is -3.34. The molecule has 0 aromatic carbocycles. The van der Waals surface area contributed by atoms with Gasteiger partial charge in [-0.05, 0) is 6.42 Å². The summed E-state index contributed by atoms with van der Waals surface area (Å²) < 4.78 is 4.61. The maximum Gasteiger partial charge on any atom is 0.509 e. The Morgan fingerprint density at radius 2 is 1.92 bits per heavy atom. The van der Waals surface area contributed by atoms with Crippen LogP contribution in [0.3, 0.4) is 0 Å². The highest BCUT2D eigenvalue weighted by Crippen LogP contribution is 1.97. The molecule has 0 radical (unpaired) electrons. The molecule has 0 aromatic heterocycles. The highest BCUT2D eigenvalue weighted by molar-refractivity contribution is 6.55. The second kappa shape index (κ2) is 6.56. The fourth-order valence-corrected chi connectivity index (χ4v) is 1.19. The third-order valence-corrected chi connectivity index (χ3v) is 1.93. The number of hydrogen-bond acceptors (Lipinski definition) is 4. The largest absolute Gasteiger partial charge is 0.509 e. The van der Waals surface area contributed by atoms with Gasteiger partial charge in [0.1, 0.15) is 0 Å². The van der Waals surface area contributed by atoms with E-state index in [2.05, 4.69) is 16.9 Å². The lowest BCUT2D eigenvalue weighted by atomic mass is 10.2. The molecule has 74 valence electrons. The Labute approximate surface area is 74.9 Å². The quantitative estimate of drug-likeness (QED) is 0.315. The van der Waals surface area contributed by atoms with Gasteiger partial charge in [-0.1, -0.05) is 26.2 Å².